The third kappa shape index (κ3) is 2.42. The third-order valence-electron chi connectivity index (χ3n) is 4.18. The Morgan fingerprint density at radius 2 is 1.86 bits per heavy atom. The molecule has 0 aromatic heterocycles. The molecule has 1 aliphatic heterocycles. The summed E-state index contributed by atoms with van der Waals surface area (Å²) >= 11 is 0. The molecule has 22 heavy (non-hydrogen) atoms. The molecule has 0 radical (unpaired) electrons. The second kappa shape index (κ2) is 5.58. The molecule has 3 heteroatoms. The van der Waals surface area contributed by atoms with Gasteiger partial charge in [0.15, 0.2) is 0 Å². The zero-order valence-electron chi connectivity index (χ0n) is 13.1. The topological polar surface area (TPSA) is 32.3 Å². The number of benzene rings is 1. The Morgan fingerprint density at radius 1 is 1.09 bits per heavy atom. The van der Waals surface area contributed by atoms with Gasteiger partial charge in [0, 0.05) is 23.6 Å². The van der Waals surface area contributed by atoms with Crippen LogP contribution in [0.3, 0.4) is 0 Å². The van der Waals surface area contributed by atoms with E-state index < -0.39 is 0 Å². The van der Waals surface area contributed by atoms with E-state index in [1.54, 1.807) is 6.07 Å². The Hall–Kier alpha value is -2.13. The van der Waals surface area contributed by atoms with Gasteiger partial charge in [0.25, 0.3) is 0 Å². The van der Waals surface area contributed by atoms with Gasteiger partial charge >= 0.3 is 0 Å². The van der Waals surface area contributed by atoms with E-state index in [0.29, 0.717) is 6.42 Å². The smallest absolute Gasteiger partial charge is 0.123 e. The van der Waals surface area contributed by atoms with Gasteiger partial charge in [0.05, 0.1) is 0 Å². The van der Waals surface area contributed by atoms with Crippen molar-refractivity contribution in [3.8, 4) is 0 Å². The summed E-state index contributed by atoms with van der Waals surface area (Å²) in [4.78, 5) is 0. The van der Waals surface area contributed by atoms with Gasteiger partial charge in [0.2, 0.25) is 0 Å². The summed E-state index contributed by atoms with van der Waals surface area (Å²) in [5.74, 6) is -0.243. The third-order valence-corrected chi connectivity index (χ3v) is 4.18. The lowest BCUT2D eigenvalue weighted by Crippen LogP contribution is -2.15. The lowest BCUT2D eigenvalue weighted by molar-refractivity contribution is 0.305. The first kappa shape index (κ1) is 14.8. The predicted octanol–water partition coefficient (Wildman–Crippen LogP) is 4.16. The van der Waals surface area contributed by atoms with Crippen molar-refractivity contribution in [1.82, 2.24) is 5.32 Å². The number of fused-ring (bicyclic) bond motifs is 1. The number of aliphatic hydroxyl groups is 1. The van der Waals surface area contributed by atoms with Crippen LogP contribution < -0.4 is 5.32 Å². The molecule has 0 spiro atoms. The fourth-order valence-electron chi connectivity index (χ4n) is 3.35. The van der Waals surface area contributed by atoms with Crippen LogP contribution in [0.5, 0.6) is 0 Å². The summed E-state index contributed by atoms with van der Waals surface area (Å²) < 4.78 is 13.7. The highest BCUT2D eigenvalue weighted by Crippen LogP contribution is 2.44. The summed E-state index contributed by atoms with van der Waals surface area (Å²) in [6, 6.07) is 4.90. The average Bonchev–Trinajstić information content (AvgIpc) is 2.71. The van der Waals surface area contributed by atoms with Gasteiger partial charge in [-0.05, 0) is 79.3 Å². The Kier molecular flexibility index (Phi) is 3.75. The second-order valence-electron chi connectivity index (χ2n) is 5.90. The van der Waals surface area contributed by atoms with Gasteiger partial charge in [-0.3, -0.25) is 0 Å². The largest absolute Gasteiger partial charge is 0.396 e. The molecule has 1 aliphatic carbocycles. The van der Waals surface area contributed by atoms with E-state index in [1.807, 2.05) is 19.9 Å². The lowest BCUT2D eigenvalue weighted by Gasteiger charge is -2.18. The van der Waals surface area contributed by atoms with E-state index in [9.17, 15) is 9.50 Å². The molecule has 1 aromatic carbocycles. The summed E-state index contributed by atoms with van der Waals surface area (Å²) in [5.41, 5.74) is 8.48. The van der Waals surface area contributed by atoms with Crippen molar-refractivity contribution in [1.29, 1.82) is 0 Å². The lowest BCUT2D eigenvalue weighted by atomic mass is 9.98. The molecule has 0 fully saturated rings. The Labute approximate surface area is 130 Å². The van der Waals surface area contributed by atoms with Gasteiger partial charge in [-0.25, -0.2) is 4.39 Å². The average molecular weight is 297 g/mol. The minimum absolute atomic E-state index is 0.0620. The molecule has 0 unspecified atom stereocenters. The van der Waals surface area contributed by atoms with E-state index in [1.165, 1.54) is 11.6 Å². The van der Waals surface area contributed by atoms with E-state index in [0.717, 1.165) is 39.2 Å². The zero-order chi connectivity index (χ0) is 15.9. The highest BCUT2D eigenvalue weighted by Gasteiger charge is 2.26. The standard InChI is InChI=1S/C19H20FNO/c1-11-8-12(2)21-18(9-11)19-13(3)15(6-7-22)17-10-14(20)4-5-16(17)19/h4-5,8-10,21-22H,6-7H2,1-3H3/b19-18-. The fourth-order valence-corrected chi connectivity index (χ4v) is 3.35. The first-order valence-electron chi connectivity index (χ1n) is 7.50. The van der Waals surface area contributed by atoms with Crippen LogP contribution in [-0.2, 0) is 0 Å². The molecular weight excluding hydrogens is 277 g/mol. The van der Waals surface area contributed by atoms with Crippen molar-refractivity contribution < 1.29 is 9.50 Å². The maximum atomic E-state index is 13.7. The molecule has 114 valence electrons. The van der Waals surface area contributed by atoms with Crippen LogP contribution in [0.1, 0.15) is 38.3 Å². The molecule has 0 atom stereocenters. The molecular formula is C19H20FNO. The number of hydrogen-bond acceptors (Lipinski definition) is 2. The van der Waals surface area contributed by atoms with E-state index in [-0.39, 0.29) is 12.4 Å². The Bertz CT molecular complexity index is 766. The van der Waals surface area contributed by atoms with Gasteiger partial charge in [-0.15, -0.1) is 0 Å². The van der Waals surface area contributed by atoms with E-state index >= 15 is 0 Å². The number of dihydropyridines is 1. The van der Waals surface area contributed by atoms with Crippen LogP contribution in [0.2, 0.25) is 0 Å². The highest BCUT2D eigenvalue weighted by atomic mass is 19.1. The molecule has 2 nitrogen and oxygen atoms in total. The SMILES string of the molecule is CC1=C/C(=C2\C(C)=C(CCO)c3cc(F)ccc32)NC(C)=C1. The van der Waals surface area contributed by atoms with E-state index in [4.69, 9.17) is 0 Å². The Morgan fingerprint density at radius 3 is 2.55 bits per heavy atom. The number of halogens is 1. The first-order valence-corrected chi connectivity index (χ1v) is 7.50. The number of hydrogen-bond donors (Lipinski definition) is 2. The van der Waals surface area contributed by atoms with Crippen molar-refractivity contribution in [3.63, 3.8) is 0 Å². The van der Waals surface area contributed by atoms with Crippen LogP contribution >= 0.6 is 0 Å². The number of rotatable bonds is 2. The summed E-state index contributed by atoms with van der Waals surface area (Å²) in [5, 5.41) is 12.8. The van der Waals surface area contributed by atoms with Crippen molar-refractivity contribution in [2.75, 3.05) is 6.61 Å². The van der Waals surface area contributed by atoms with Gasteiger partial charge in [0.1, 0.15) is 5.82 Å². The van der Waals surface area contributed by atoms with Crippen molar-refractivity contribution >= 4 is 11.1 Å². The van der Waals surface area contributed by atoms with Crippen molar-refractivity contribution in [3.05, 3.63) is 69.8 Å². The normalized spacial score (nSPS) is 20.6. The molecule has 1 heterocycles. The molecule has 2 aliphatic rings. The monoisotopic (exact) mass is 297 g/mol. The highest BCUT2D eigenvalue weighted by molar-refractivity contribution is 6.01. The Balaban J connectivity index is 2.24. The predicted molar refractivity (Wildman–Crippen MR) is 88.3 cm³/mol. The van der Waals surface area contributed by atoms with Crippen molar-refractivity contribution in [2.45, 2.75) is 27.2 Å². The maximum absolute atomic E-state index is 13.7. The molecule has 0 bridgehead atoms. The zero-order valence-corrected chi connectivity index (χ0v) is 13.1. The molecule has 0 saturated carbocycles. The van der Waals surface area contributed by atoms with Crippen LogP contribution in [0.15, 0.2) is 52.9 Å². The minimum atomic E-state index is -0.243. The molecule has 0 amide bonds. The van der Waals surface area contributed by atoms with Crippen LogP contribution in [-0.4, -0.2) is 11.7 Å². The number of nitrogens with one attached hydrogen (secondary N) is 1. The van der Waals surface area contributed by atoms with Gasteiger partial charge in [-0.2, -0.15) is 0 Å². The second-order valence-corrected chi connectivity index (χ2v) is 5.90. The number of allylic oxidation sites excluding steroid dienone is 6. The van der Waals surface area contributed by atoms with Crippen LogP contribution in [0.25, 0.3) is 11.1 Å². The fraction of sp³-hybridized carbons (Fsp3) is 0.263. The van der Waals surface area contributed by atoms with Crippen molar-refractivity contribution in [2.24, 2.45) is 0 Å². The molecule has 0 saturated heterocycles. The number of aliphatic hydroxyl groups excluding tert-OH is 1. The van der Waals surface area contributed by atoms with Gasteiger partial charge < -0.3 is 10.4 Å². The van der Waals surface area contributed by atoms with Crippen LogP contribution in [0.4, 0.5) is 4.39 Å². The van der Waals surface area contributed by atoms with Crippen LogP contribution in [0, 0.1) is 5.82 Å². The molecule has 1 aromatic rings. The maximum Gasteiger partial charge on any atom is 0.123 e. The molecule has 3 rings (SSSR count). The quantitative estimate of drug-likeness (QED) is 0.859. The summed E-state index contributed by atoms with van der Waals surface area (Å²) in [6.45, 7) is 6.21. The minimum Gasteiger partial charge on any atom is -0.396 e. The summed E-state index contributed by atoms with van der Waals surface area (Å²) in [7, 11) is 0. The summed E-state index contributed by atoms with van der Waals surface area (Å²) in [6.07, 6.45) is 4.75. The van der Waals surface area contributed by atoms with Gasteiger partial charge in [-0.1, -0.05) is 6.07 Å². The van der Waals surface area contributed by atoms with E-state index in [2.05, 4.69) is 24.4 Å². The molecule has 2 N–H and O–H groups in total. The first-order chi connectivity index (χ1) is 10.5.